The molecule has 0 N–H and O–H groups in total. The van der Waals surface area contributed by atoms with Crippen molar-refractivity contribution in [1.29, 1.82) is 5.26 Å². The Hall–Kier alpha value is -2.34. The van der Waals surface area contributed by atoms with Crippen molar-refractivity contribution in [2.24, 2.45) is 0 Å². The van der Waals surface area contributed by atoms with Crippen molar-refractivity contribution in [3.05, 3.63) is 42.0 Å². The van der Waals surface area contributed by atoms with Crippen molar-refractivity contribution in [2.45, 2.75) is 18.8 Å². The van der Waals surface area contributed by atoms with Crippen LogP contribution < -0.4 is 4.90 Å². The standard InChI is InChI=1S/C16H14N2O/c1-16(7-8-17)13-9-11-5-3-4-6-12(11)10-14(13)18(2)15(16)19/h3-6,9-10H,7H2,1-2H3/t16-/m1/s1. The molecule has 0 fully saturated rings. The van der Waals surface area contributed by atoms with Crippen molar-refractivity contribution in [1.82, 2.24) is 0 Å². The average Bonchev–Trinajstić information content (AvgIpc) is 2.60. The van der Waals surface area contributed by atoms with Crippen LogP contribution in [0.2, 0.25) is 0 Å². The first-order chi connectivity index (χ1) is 9.08. The van der Waals surface area contributed by atoms with E-state index in [0.717, 1.165) is 22.0 Å². The van der Waals surface area contributed by atoms with E-state index < -0.39 is 5.41 Å². The Bertz CT molecular complexity index is 729. The smallest absolute Gasteiger partial charge is 0.238 e. The first kappa shape index (κ1) is 11.7. The largest absolute Gasteiger partial charge is 0.314 e. The molecular formula is C16H14N2O. The SMILES string of the molecule is CN1C(=O)[C@](C)(CC#N)c2cc3ccccc3cc21. The third kappa shape index (κ3) is 1.47. The molecule has 2 aromatic carbocycles. The van der Waals surface area contributed by atoms with E-state index in [-0.39, 0.29) is 12.3 Å². The number of nitrogens with zero attached hydrogens (tertiary/aromatic N) is 2. The highest BCUT2D eigenvalue weighted by molar-refractivity contribution is 6.10. The normalized spacial score (nSPS) is 21.5. The van der Waals surface area contributed by atoms with Crippen molar-refractivity contribution >= 4 is 22.4 Å². The monoisotopic (exact) mass is 250 g/mol. The van der Waals surface area contributed by atoms with E-state index in [4.69, 9.17) is 5.26 Å². The average molecular weight is 250 g/mol. The molecule has 19 heavy (non-hydrogen) atoms. The van der Waals surface area contributed by atoms with Gasteiger partial charge >= 0.3 is 0 Å². The molecule has 0 bridgehead atoms. The van der Waals surface area contributed by atoms with Crippen LogP contribution in [0.4, 0.5) is 5.69 Å². The van der Waals surface area contributed by atoms with Gasteiger partial charge < -0.3 is 4.90 Å². The van der Waals surface area contributed by atoms with Crippen LogP contribution in [0, 0.1) is 11.3 Å². The number of amides is 1. The summed E-state index contributed by atoms with van der Waals surface area (Å²) >= 11 is 0. The summed E-state index contributed by atoms with van der Waals surface area (Å²) in [4.78, 5) is 14.1. The Balaban J connectivity index is 2.32. The Morgan fingerprint density at radius 3 is 2.53 bits per heavy atom. The van der Waals surface area contributed by atoms with Gasteiger partial charge in [-0.25, -0.2) is 0 Å². The van der Waals surface area contributed by atoms with Crippen molar-refractivity contribution in [2.75, 3.05) is 11.9 Å². The minimum absolute atomic E-state index is 0.000596. The highest BCUT2D eigenvalue weighted by atomic mass is 16.2. The molecule has 1 aliphatic heterocycles. The topological polar surface area (TPSA) is 44.1 Å². The van der Waals surface area contributed by atoms with Crippen LogP contribution in [0.15, 0.2) is 36.4 Å². The molecule has 1 amide bonds. The third-order valence-electron chi connectivity index (χ3n) is 4.03. The van der Waals surface area contributed by atoms with Gasteiger partial charge in [-0.1, -0.05) is 24.3 Å². The molecule has 1 aliphatic rings. The molecular weight excluding hydrogens is 236 g/mol. The predicted molar refractivity (Wildman–Crippen MR) is 74.9 cm³/mol. The molecule has 2 aromatic rings. The lowest BCUT2D eigenvalue weighted by Crippen LogP contribution is -2.35. The maximum atomic E-state index is 12.4. The maximum absolute atomic E-state index is 12.4. The summed E-state index contributed by atoms with van der Waals surface area (Å²) in [5, 5.41) is 11.2. The number of anilines is 1. The zero-order chi connectivity index (χ0) is 13.6. The van der Waals surface area contributed by atoms with E-state index in [1.807, 2.05) is 43.3 Å². The van der Waals surface area contributed by atoms with Crippen LogP contribution in [-0.2, 0) is 10.2 Å². The van der Waals surface area contributed by atoms with Gasteiger partial charge in [-0.3, -0.25) is 4.79 Å². The van der Waals surface area contributed by atoms with E-state index >= 15 is 0 Å². The predicted octanol–water partition coefficient (Wildman–Crippen LogP) is 2.99. The molecule has 0 aliphatic carbocycles. The van der Waals surface area contributed by atoms with Gasteiger partial charge in [0.1, 0.15) is 0 Å². The fourth-order valence-electron chi connectivity index (χ4n) is 2.87. The highest BCUT2D eigenvalue weighted by Gasteiger charge is 2.45. The van der Waals surface area contributed by atoms with E-state index in [2.05, 4.69) is 6.07 Å². The first-order valence-corrected chi connectivity index (χ1v) is 6.26. The summed E-state index contributed by atoms with van der Waals surface area (Å²) in [5.41, 5.74) is 1.16. The van der Waals surface area contributed by atoms with Crippen LogP contribution in [0.5, 0.6) is 0 Å². The summed E-state index contributed by atoms with van der Waals surface area (Å²) in [5.74, 6) is -0.000596. The number of carbonyl (C=O) groups is 1. The zero-order valence-electron chi connectivity index (χ0n) is 11.0. The number of likely N-dealkylation sites (N-methyl/N-ethyl adjacent to an activating group) is 1. The number of hydrogen-bond acceptors (Lipinski definition) is 2. The lowest BCUT2D eigenvalue weighted by atomic mass is 9.80. The summed E-state index contributed by atoms with van der Waals surface area (Å²) in [6, 6.07) is 14.3. The molecule has 94 valence electrons. The summed E-state index contributed by atoms with van der Waals surface area (Å²) < 4.78 is 0. The van der Waals surface area contributed by atoms with Gasteiger partial charge in [0.2, 0.25) is 5.91 Å². The highest BCUT2D eigenvalue weighted by Crippen LogP contribution is 2.44. The molecule has 1 atom stereocenters. The Kier molecular flexibility index (Phi) is 2.36. The van der Waals surface area contributed by atoms with Crippen LogP contribution in [-0.4, -0.2) is 13.0 Å². The van der Waals surface area contributed by atoms with Crippen molar-refractivity contribution in [3.63, 3.8) is 0 Å². The Morgan fingerprint density at radius 1 is 1.26 bits per heavy atom. The van der Waals surface area contributed by atoms with E-state index in [9.17, 15) is 4.79 Å². The summed E-state index contributed by atoms with van der Waals surface area (Å²) in [6.07, 6.45) is 0.210. The van der Waals surface area contributed by atoms with Crippen LogP contribution >= 0.6 is 0 Å². The minimum Gasteiger partial charge on any atom is -0.314 e. The van der Waals surface area contributed by atoms with Gasteiger partial charge in [0.25, 0.3) is 0 Å². The summed E-state index contributed by atoms with van der Waals surface area (Å²) in [7, 11) is 1.78. The molecule has 0 saturated heterocycles. The number of hydrogen-bond donors (Lipinski definition) is 0. The molecule has 0 spiro atoms. The molecule has 0 aromatic heterocycles. The fourth-order valence-corrected chi connectivity index (χ4v) is 2.87. The third-order valence-corrected chi connectivity index (χ3v) is 4.03. The number of nitriles is 1. The molecule has 0 saturated carbocycles. The number of fused-ring (bicyclic) bond motifs is 2. The quantitative estimate of drug-likeness (QED) is 0.781. The minimum atomic E-state index is -0.719. The van der Waals surface area contributed by atoms with Crippen LogP contribution in [0.1, 0.15) is 18.9 Å². The molecule has 3 nitrogen and oxygen atoms in total. The molecule has 0 radical (unpaired) electrons. The lowest BCUT2D eigenvalue weighted by molar-refractivity contribution is -0.122. The van der Waals surface area contributed by atoms with Crippen LogP contribution in [0.3, 0.4) is 0 Å². The Morgan fingerprint density at radius 2 is 1.89 bits per heavy atom. The Labute approximate surface area is 112 Å². The second kappa shape index (κ2) is 3.83. The van der Waals surface area contributed by atoms with Crippen molar-refractivity contribution in [3.8, 4) is 6.07 Å². The van der Waals surface area contributed by atoms with Gasteiger partial charge in [-0.05, 0) is 35.4 Å². The van der Waals surface area contributed by atoms with Crippen molar-refractivity contribution < 1.29 is 4.79 Å². The van der Waals surface area contributed by atoms with E-state index in [1.54, 1.807) is 11.9 Å². The second-order valence-electron chi connectivity index (χ2n) is 5.25. The molecule has 1 heterocycles. The van der Waals surface area contributed by atoms with Gasteiger partial charge in [0, 0.05) is 12.7 Å². The van der Waals surface area contributed by atoms with Gasteiger partial charge in [-0.15, -0.1) is 0 Å². The number of carbonyl (C=O) groups excluding carboxylic acids is 1. The second-order valence-corrected chi connectivity index (χ2v) is 5.25. The number of rotatable bonds is 1. The molecule has 3 heteroatoms. The molecule has 0 unspecified atom stereocenters. The van der Waals surface area contributed by atoms with Gasteiger partial charge in [-0.2, -0.15) is 5.26 Å². The molecule has 3 rings (SSSR count). The number of benzene rings is 2. The lowest BCUT2D eigenvalue weighted by Gasteiger charge is -2.19. The van der Waals surface area contributed by atoms with E-state index in [1.165, 1.54) is 0 Å². The van der Waals surface area contributed by atoms with E-state index in [0.29, 0.717) is 0 Å². The summed E-state index contributed by atoms with van der Waals surface area (Å²) in [6.45, 7) is 1.86. The van der Waals surface area contributed by atoms with Gasteiger partial charge in [0.05, 0.1) is 17.9 Å². The van der Waals surface area contributed by atoms with Gasteiger partial charge in [0.15, 0.2) is 0 Å². The van der Waals surface area contributed by atoms with Crippen LogP contribution in [0.25, 0.3) is 10.8 Å². The fraction of sp³-hybridized carbons (Fsp3) is 0.250. The maximum Gasteiger partial charge on any atom is 0.238 e. The first-order valence-electron chi connectivity index (χ1n) is 6.26. The zero-order valence-corrected chi connectivity index (χ0v) is 11.0.